The second-order valence-corrected chi connectivity index (χ2v) is 6.79. The van der Waals surface area contributed by atoms with Crippen LogP contribution in [0.15, 0.2) is 48.5 Å². The molecule has 0 aliphatic heterocycles. The number of hydrogen-bond acceptors (Lipinski definition) is 4. The van der Waals surface area contributed by atoms with Crippen LogP contribution in [0.4, 0.5) is 10.2 Å². The number of benzene rings is 2. The Labute approximate surface area is 175 Å². The predicted molar refractivity (Wildman–Crippen MR) is 114 cm³/mol. The van der Waals surface area contributed by atoms with Gasteiger partial charge in [0.2, 0.25) is 5.91 Å². The standard InChI is InChI=1S/C23H26FN3O3/c1-4-29-20-11-10-17(13-21(20)30-5-2)14-23(28)25-22-12-16(3)27(26-22)15-18-8-6-7-9-19(18)24/h6-13H,4-5,14-15H2,1-3H3,(H,25,26,28). The third-order valence-corrected chi connectivity index (χ3v) is 4.50. The summed E-state index contributed by atoms with van der Waals surface area (Å²) < 4.78 is 26.7. The number of aromatic nitrogens is 2. The Hall–Kier alpha value is -3.35. The van der Waals surface area contributed by atoms with Crippen molar-refractivity contribution in [3.63, 3.8) is 0 Å². The molecule has 2 aromatic carbocycles. The van der Waals surface area contributed by atoms with Gasteiger partial charge < -0.3 is 14.8 Å². The quantitative estimate of drug-likeness (QED) is 0.568. The topological polar surface area (TPSA) is 65.4 Å². The van der Waals surface area contributed by atoms with Crippen molar-refractivity contribution < 1.29 is 18.7 Å². The summed E-state index contributed by atoms with van der Waals surface area (Å²) in [6.45, 7) is 7.01. The van der Waals surface area contributed by atoms with Crippen LogP contribution in [0.3, 0.4) is 0 Å². The maximum absolute atomic E-state index is 13.9. The minimum atomic E-state index is -0.279. The van der Waals surface area contributed by atoms with Crippen LogP contribution in [-0.4, -0.2) is 28.9 Å². The molecule has 0 spiro atoms. The lowest BCUT2D eigenvalue weighted by molar-refractivity contribution is -0.115. The summed E-state index contributed by atoms with van der Waals surface area (Å²) in [6, 6.07) is 13.8. The Morgan fingerprint density at radius 2 is 1.80 bits per heavy atom. The van der Waals surface area contributed by atoms with E-state index in [2.05, 4.69) is 10.4 Å². The minimum Gasteiger partial charge on any atom is -0.490 e. The van der Waals surface area contributed by atoms with Gasteiger partial charge in [0.05, 0.1) is 26.2 Å². The van der Waals surface area contributed by atoms with Gasteiger partial charge in [-0.15, -0.1) is 0 Å². The first kappa shape index (κ1) is 21.4. The van der Waals surface area contributed by atoms with E-state index in [9.17, 15) is 9.18 Å². The third-order valence-electron chi connectivity index (χ3n) is 4.50. The summed E-state index contributed by atoms with van der Waals surface area (Å²) in [6.07, 6.45) is 0.172. The molecule has 0 atom stereocenters. The van der Waals surface area contributed by atoms with Gasteiger partial charge in [-0.3, -0.25) is 9.48 Å². The van der Waals surface area contributed by atoms with E-state index < -0.39 is 0 Å². The fourth-order valence-corrected chi connectivity index (χ4v) is 3.10. The molecule has 158 valence electrons. The summed E-state index contributed by atoms with van der Waals surface area (Å²) in [5.74, 6) is 1.24. The van der Waals surface area contributed by atoms with Crippen molar-refractivity contribution in [2.75, 3.05) is 18.5 Å². The average Bonchev–Trinajstić information content (AvgIpc) is 3.04. The highest BCUT2D eigenvalue weighted by Gasteiger charge is 2.12. The van der Waals surface area contributed by atoms with Crippen molar-refractivity contribution in [3.05, 3.63) is 71.2 Å². The summed E-state index contributed by atoms with van der Waals surface area (Å²) >= 11 is 0. The second-order valence-electron chi connectivity index (χ2n) is 6.79. The van der Waals surface area contributed by atoms with Crippen LogP contribution in [0.25, 0.3) is 0 Å². The zero-order valence-electron chi connectivity index (χ0n) is 17.4. The zero-order chi connectivity index (χ0) is 21.5. The molecule has 3 rings (SSSR count). The lowest BCUT2D eigenvalue weighted by atomic mass is 10.1. The van der Waals surface area contributed by atoms with Crippen LogP contribution < -0.4 is 14.8 Å². The highest BCUT2D eigenvalue weighted by Crippen LogP contribution is 2.28. The van der Waals surface area contributed by atoms with Crippen LogP contribution in [0.1, 0.15) is 30.7 Å². The number of hydrogen-bond donors (Lipinski definition) is 1. The van der Waals surface area contributed by atoms with Crippen LogP contribution in [0, 0.1) is 12.7 Å². The third kappa shape index (κ3) is 5.37. The van der Waals surface area contributed by atoms with E-state index in [1.54, 1.807) is 28.9 Å². The largest absolute Gasteiger partial charge is 0.490 e. The van der Waals surface area contributed by atoms with Crippen molar-refractivity contribution in [2.45, 2.75) is 33.7 Å². The Morgan fingerprint density at radius 3 is 2.53 bits per heavy atom. The van der Waals surface area contributed by atoms with E-state index in [-0.39, 0.29) is 18.1 Å². The lowest BCUT2D eigenvalue weighted by Gasteiger charge is -2.12. The SMILES string of the molecule is CCOc1ccc(CC(=O)Nc2cc(C)n(Cc3ccccc3F)n2)cc1OCC. The molecule has 0 saturated carbocycles. The molecule has 1 heterocycles. The van der Waals surface area contributed by atoms with Gasteiger partial charge in [-0.1, -0.05) is 24.3 Å². The van der Waals surface area contributed by atoms with Crippen LogP contribution in [-0.2, 0) is 17.8 Å². The highest BCUT2D eigenvalue weighted by molar-refractivity contribution is 5.91. The first-order chi connectivity index (χ1) is 14.5. The summed E-state index contributed by atoms with van der Waals surface area (Å²) in [5, 5.41) is 7.19. The molecule has 0 saturated heterocycles. The summed E-state index contributed by atoms with van der Waals surface area (Å²) in [5.41, 5.74) is 2.18. The van der Waals surface area contributed by atoms with E-state index in [4.69, 9.17) is 9.47 Å². The van der Waals surface area contributed by atoms with E-state index >= 15 is 0 Å². The molecular weight excluding hydrogens is 385 g/mol. The van der Waals surface area contributed by atoms with Crippen LogP contribution in [0.5, 0.6) is 11.5 Å². The number of carbonyl (C=O) groups excluding carboxylic acids is 1. The monoisotopic (exact) mass is 411 g/mol. The Kier molecular flexibility index (Phi) is 7.06. The average molecular weight is 411 g/mol. The van der Waals surface area contributed by atoms with Crippen molar-refractivity contribution in [1.82, 2.24) is 9.78 Å². The van der Waals surface area contributed by atoms with E-state index in [1.165, 1.54) is 6.07 Å². The van der Waals surface area contributed by atoms with Crippen molar-refractivity contribution in [3.8, 4) is 11.5 Å². The Morgan fingerprint density at radius 1 is 1.07 bits per heavy atom. The van der Waals surface area contributed by atoms with Gasteiger partial charge in [-0.2, -0.15) is 5.10 Å². The number of anilines is 1. The molecule has 1 N–H and O–H groups in total. The van der Waals surface area contributed by atoms with Gasteiger partial charge in [0.25, 0.3) is 0 Å². The fraction of sp³-hybridized carbons (Fsp3) is 0.304. The molecule has 0 bridgehead atoms. The lowest BCUT2D eigenvalue weighted by Crippen LogP contribution is -2.15. The molecule has 1 aromatic heterocycles. The minimum absolute atomic E-state index is 0.172. The van der Waals surface area contributed by atoms with Crippen molar-refractivity contribution >= 4 is 11.7 Å². The predicted octanol–water partition coefficient (Wildman–Crippen LogP) is 4.36. The number of ether oxygens (including phenoxy) is 2. The fourth-order valence-electron chi connectivity index (χ4n) is 3.10. The van der Waals surface area contributed by atoms with Crippen molar-refractivity contribution in [2.24, 2.45) is 0 Å². The van der Waals surface area contributed by atoms with Gasteiger partial charge >= 0.3 is 0 Å². The number of rotatable bonds is 9. The van der Waals surface area contributed by atoms with E-state index in [0.717, 1.165) is 11.3 Å². The van der Waals surface area contributed by atoms with Crippen LogP contribution in [0.2, 0.25) is 0 Å². The smallest absolute Gasteiger partial charge is 0.229 e. The van der Waals surface area contributed by atoms with Gasteiger partial charge in [-0.25, -0.2) is 4.39 Å². The molecular formula is C23H26FN3O3. The molecule has 0 unspecified atom stereocenters. The molecule has 30 heavy (non-hydrogen) atoms. The number of carbonyl (C=O) groups is 1. The Balaban J connectivity index is 1.67. The normalized spacial score (nSPS) is 10.7. The molecule has 0 radical (unpaired) electrons. The zero-order valence-corrected chi connectivity index (χ0v) is 17.4. The van der Waals surface area contributed by atoms with E-state index in [0.29, 0.717) is 42.6 Å². The van der Waals surface area contributed by atoms with Gasteiger partial charge in [0.1, 0.15) is 5.82 Å². The maximum atomic E-state index is 13.9. The van der Waals surface area contributed by atoms with Gasteiger partial charge in [0, 0.05) is 17.3 Å². The maximum Gasteiger partial charge on any atom is 0.229 e. The summed E-state index contributed by atoms with van der Waals surface area (Å²) in [7, 11) is 0. The van der Waals surface area contributed by atoms with Crippen molar-refractivity contribution in [1.29, 1.82) is 0 Å². The molecule has 0 aliphatic carbocycles. The first-order valence-corrected chi connectivity index (χ1v) is 9.96. The van der Waals surface area contributed by atoms with Gasteiger partial charge in [0.15, 0.2) is 17.3 Å². The highest BCUT2D eigenvalue weighted by atomic mass is 19.1. The molecule has 7 heteroatoms. The number of nitrogens with zero attached hydrogens (tertiary/aromatic N) is 2. The molecule has 6 nitrogen and oxygen atoms in total. The molecule has 1 amide bonds. The first-order valence-electron chi connectivity index (χ1n) is 9.96. The Bertz CT molecular complexity index is 1020. The van der Waals surface area contributed by atoms with Gasteiger partial charge in [-0.05, 0) is 44.5 Å². The molecule has 0 fully saturated rings. The number of halogens is 1. The molecule has 0 aliphatic rings. The van der Waals surface area contributed by atoms with Crippen LogP contribution >= 0.6 is 0 Å². The number of amides is 1. The van der Waals surface area contributed by atoms with E-state index in [1.807, 2.05) is 39.0 Å². The molecule has 3 aromatic rings. The number of nitrogens with one attached hydrogen (secondary N) is 1. The number of aryl methyl sites for hydroxylation is 1. The second kappa shape index (κ2) is 9.91. The summed E-state index contributed by atoms with van der Waals surface area (Å²) in [4.78, 5) is 12.5.